The van der Waals surface area contributed by atoms with Crippen LogP contribution in [0.15, 0.2) is 18.3 Å². The van der Waals surface area contributed by atoms with Crippen LogP contribution in [0.3, 0.4) is 0 Å². The Morgan fingerprint density at radius 1 is 1.31 bits per heavy atom. The van der Waals surface area contributed by atoms with Gasteiger partial charge in [0.05, 0.1) is 18.8 Å². The fourth-order valence-corrected chi connectivity index (χ4v) is 3.95. The molecule has 0 atom stereocenters. The third-order valence-electron chi connectivity index (χ3n) is 5.64. The minimum absolute atomic E-state index is 0.0675. The molecule has 9 nitrogen and oxygen atoms in total. The summed E-state index contributed by atoms with van der Waals surface area (Å²) in [5.74, 6) is -2.41. The Hall–Kier alpha value is -3.11. The number of amides is 1. The van der Waals surface area contributed by atoms with Crippen molar-refractivity contribution in [1.82, 2.24) is 24.6 Å². The number of anilines is 1. The minimum Gasteiger partial charge on any atom is -0.461 e. The number of esters is 1. The van der Waals surface area contributed by atoms with Crippen LogP contribution in [0, 0.1) is 0 Å². The first-order valence-electron chi connectivity index (χ1n) is 10.9. The molecule has 172 valence electrons. The minimum atomic E-state index is -2.62. The highest BCUT2D eigenvalue weighted by Gasteiger charge is 2.35. The van der Waals surface area contributed by atoms with E-state index in [2.05, 4.69) is 20.4 Å². The van der Waals surface area contributed by atoms with Gasteiger partial charge in [-0.1, -0.05) is 0 Å². The zero-order valence-corrected chi connectivity index (χ0v) is 17.9. The Labute approximate surface area is 184 Å². The Bertz CT molecular complexity index is 986. The van der Waals surface area contributed by atoms with E-state index in [1.165, 1.54) is 10.7 Å². The lowest BCUT2D eigenvalue weighted by atomic mass is 9.92. The molecule has 2 aromatic heterocycles. The molecule has 0 aromatic carbocycles. The van der Waals surface area contributed by atoms with Crippen molar-refractivity contribution in [3.05, 3.63) is 29.7 Å². The van der Waals surface area contributed by atoms with Gasteiger partial charge in [-0.05, 0) is 32.3 Å². The molecule has 1 saturated heterocycles. The highest BCUT2D eigenvalue weighted by molar-refractivity contribution is 5.87. The number of hydrogen-bond donors (Lipinski definition) is 1. The summed E-state index contributed by atoms with van der Waals surface area (Å²) in [6.45, 7) is 2.92. The van der Waals surface area contributed by atoms with E-state index in [0.717, 1.165) is 6.42 Å². The number of nitrogens with one attached hydrogen (secondary N) is 1. The third-order valence-corrected chi connectivity index (χ3v) is 5.64. The lowest BCUT2D eigenvalue weighted by Crippen LogP contribution is -2.32. The monoisotopic (exact) mass is 448 g/mol. The molecule has 32 heavy (non-hydrogen) atoms. The number of nitrogens with zero attached hydrogens (tertiary/aromatic N) is 5. The van der Waals surface area contributed by atoms with Crippen molar-refractivity contribution in [2.24, 2.45) is 0 Å². The van der Waals surface area contributed by atoms with E-state index in [9.17, 15) is 18.4 Å². The average molecular weight is 448 g/mol. The smallest absolute Gasteiger partial charge is 0.358 e. The quantitative estimate of drug-likeness (QED) is 0.650. The number of aromatic nitrogens is 4. The first-order chi connectivity index (χ1) is 15.3. The van der Waals surface area contributed by atoms with Gasteiger partial charge in [-0.2, -0.15) is 10.1 Å². The summed E-state index contributed by atoms with van der Waals surface area (Å²) in [7, 11) is 0. The zero-order valence-electron chi connectivity index (χ0n) is 17.9. The van der Waals surface area contributed by atoms with Gasteiger partial charge >= 0.3 is 5.97 Å². The molecule has 1 aliphatic heterocycles. The molecule has 0 spiro atoms. The summed E-state index contributed by atoms with van der Waals surface area (Å²) < 4.78 is 33.4. The van der Waals surface area contributed by atoms with Crippen molar-refractivity contribution in [1.29, 1.82) is 0 Å². The number of likely N-dealkylation sites (tertiary alicyclic amines) is 1. The van der Waals surface area contributed by atoms with Gasteiger partial charge in [-0.15, -0.1) is 0 Å². The van der Waals surface area contributed by atoms with Gasteiger partial charge in [0.25, 0.3) is 5.95 Å². The largest absolute Gasteiger partial charge is 0.461 e. The predicted molar refractivity (Wildman–Crippen MR) is 111 cm³/mol. The van der Waals surface area contributed by atoms with Crippen LogP contribution in [0.2, 0.25) is 0 Å². The third kappa shape index (κ3) is 5.20. The molecule has 1 aliphatic carbocycles. The molecule has 3 heterocycles. The fourth-order valence-electron chi connectivity index (χ4n) is 3.95. The van der Waals surface area contributed by atoms with E-state index in [0.29, 0.717) is 43.9 Å². The van der Waals surface area contributed by atoms with Crippen LogP contribution in [-0.4, -0.2) is 61.6 Å². The van der Waals surface area contributed by atoms with Crippen molar-refractivity contribution < 1.29 is 23.1 Å². The van der Waals surface area contributed by atoms with Gasteiger partial charge in [0.2, 0.25) is 11.8 Å². The van der Waals surface area contributed by atoms with E-state index in [1.54, 1.807) is 24.1 Å². The molecule has 4 rings (SSSR count). The van der Waals surface area contributed by atoms with Crippen molar-refractivity contribution in [3.8, 4) is 5.95 Å². The SMILES string of the molecule is CCOC(=O)c1ccn(-c2nc(CN3CCCC3=O)cc(NC3CCC(F)(F)CC3)n2)n1. The number of carbonyl (C=O) groups excluding carboxylic acids is 2. The fraction of sp³-hybridized carbons (Fsp3) is 0.571. The summed E-state index contributed by atoms with van der Waals surface area (Å²) in [4.78, 5) is 34.7. The van der Waals surface area contributed by atoms with E-state index < -0.39 is 11.9 Å². The number of halogens is 2. The van der Waals surface area contributed by atoms with Crippen LogP contribution in [0.25, 0.3) is 5.95 Å². The number of hydrogen-bond acceptors (Lipinski definition) is 7. The van der Waals surface area contributed by atoms with Crippen LogP contribution in [0.4, 0.5) is 14.6 Å². The van der Waals surface area contributed by atoms with E-state index in [4.69, 9.17) is 4.74 Å². The van der Waals surface area contributed by atoms with E-state index >= 15 is 0 Å². The molecule has 0 unspecified atom stereocenters. The van der Waals surface area contributed by atoms with Gasteiger partial charge in [-0.25, -0.2) is 23.2 Å². The average Bonchev–Trinajstić information content (AvgIpc) is 3.40. The molecule has 1 N–H and O–H groups in total. The summed E-state index contributed by atoms with van der Waals surface area (Å²) in [6.07, 6.45) is 3.21. The lowest BCUT2D eigenvalue weighted by molar-refractivity contribution is -0.128. The molecule has 1 saturated carbocycles. The molecule has 1 amide bonds. The second-order valence-electron chi connectivity index (χ2n) is 8.10. The second kappa shape index (κ2) is 9.17. The number of carbonyl (C=O) groups is 2. The first kappa shape index (κ1) is 22.1. The lowest BCUT2D eigenvalue weighted by Gasteiger charge is -2.29. The first-order valence-corrected chi connectivity index (χ1v) is 10.9. The Morgan fingerprint density at radius 3 is 2.78 bits per heavy atom. The maximum atomic E-state index is 13.5. The summed E-state index contributed by atoms with van der Waals surface area (Å²) in [5, 5.41) is 7.44. The van der Waals surface area contributed by atoms with Crippen molar-refractivity contribution >= 4 is 17.7 Å². The summed E-state index contributed by atoms with van der Waals surface area (Å²) in [6, 6.07) is 3.11. The molecule has 2 aliphatic rings. The van der Waals surface area contributed by atoms with E-state index in [1.807, 2.05) is 0 Å². The molecular weight excluding hydrogens is 422 g/mol. The Balaban J connectivity index is 1.58. The van der Waals surface area contributed by atoms with E-state index in [-0.39, 0.29) is 43.0 Å². The number of rotatable bonds is 7. The van der Waals surface area contributed by atoms with Gasteiger partial charge in [0, 0.05) is 44.1 Å². The molecule has 11 heteroatoms. The van der Waals surface area contributed by atoms with Gasteiger partial charge < -0.3 is 15.0 Å². The van der Waals surface area contributed by atoms with Crippen molar-refractivity contribution in [3.63, 3.8) is 0 Å². The van der Waals surface area contributed by atoms with Crippen LogP contribution in [0.1, 0.15) is 61.6 Å². The van der Waals surface area contributed by atoms with Crippen LogP contribution < -0.4 is 5.32 Å². The zero-order chi connectivity index (χ0) is 22.7. The maximum Gasteiger partial charge on any atom is 0.358 e. The maximum absolute atomic E-state index is 13.5. The normalized spacial score (nSPS) is 18.7. The van der Waals surface area contributed by atoms with Gasteiger partial charge in [-0.3, -0.25) is 4.79 Å². The molecule has 0 bridgehead atoms. The van der Waals surface area contributed by atoms with Crippen molar-refractivity contribution in [2.45, 2.75) is 64.0 Å². The topological polar surface area (TPSA) is 102 Å². The predicted octanol–water partition coefficient (Wildman–Crippen LogP) is 2.95. The molecule has 2 aromatic rings. The summed E-state index contributed by atoms with van der Waals surface area (Å²) >= 11 is 0. The van der Waals surface area contributed by atoms with Crippen LogP contribution in [-0.2, 0) is 16.1 Å². The molecular formula is C21H26F2N6O3. The van der Waals surface area contributed by atoms with Crippen LogP contribution >= 0.6 is 0 Å². The van der Waals surface area contributed by atoms with Gasteiger partial charge in [0.15, 0.2) is 5.69 Å². The number of ether oxygens (including phenoxy) is 1. The van der Waals surface area contributed by atoms with Gasteiger partial charge in [0.1, 0.15) is 5.82 Å². The number of alkyl halides is 2. The molecule has 2 fully saturated rings. The van der Waals surface area contributed by atoms with Crippen LogP contribution in [0.5, 0.6) is 0 Å². The standard InChI is InChI=1S/C21H26F2N6O3/c1-2-32-19(31)16-7-11-29(27-16)20-25-15(13-28-10-3-4-18(28)30)12-17(26-20)24-14-5-8-21(22,23)9-6-14/h7,11-12,14H,2-6,8-10,13H2,1H3,(H,24,25,26). The highest BCUT2D eigenvalue weighted by Crippen LogP contribution is 2.34. The Kier molecular flexibility index (Phi) is 6.33. The van der Waals surface area contributed by atoms with Crippen molar-refractivity contribution in [2.75, 3.05) is 18.5 Å². The highest BCUT2D eigenvalue weighted by atomic mass is 19.3. The Morgan fingerprint density at radius 2 is 2.09 bits per heavy atom. The second-order valence-corrected chi connectivity index (χ2v) is 8.10. The molecule has 0 radical (unpaired) electrons. The summed E-state index contributed by atoms with van der Waals surface area (Å²) in [5.41, 5.74) is 0.724.